The molecule has 2 atom stereocenters. The highest BCUT2D eigenvalue weighted by Crippen LogP contribution is 2.34. The molecule has 0 N–H and O–H groups in total. The first kappa shape index (κ1) is 16.3. The van der Waals surface area contributed by atoms with Crippen LogP contribution >= 0.6 is 22.6 Å². The number of ether oxygens (including phenoxy) is 3. The normalized spacial score (nSPS) is 31.4. The first-order valence-corrected chi connectivity index (χ1v) is 8.66. The summed E-state index contributed by atoms with van der Waals surface area (Å²) in [6.45, 7) is 7.89. The van der Waals surface area contributed by atoms with Crippen molar-refractivity contribution >= 4 is 28.7 Å². The lowest BCUT2D eigenvalue weighted by Gasteiger charge is -2.32. The Hall–Kier alpha value is -0.0800. The highest BCUT2D eigenvalue weighted by molar-refractivity contribution is 14.1. The van der Waals surface area contributed by atoms with Crippen molar-refractivity contribution in [2.45, 2.75) is 50.9 Å². The third kappa shape index (κ3) is 4.21. The molecule has 0 aromatic rings. The van der Waals surface area contributed by atoms with Gasteiger partial charge in [-0.15, -0.1) is 0 Å². The molecular weight excluding hydrogens is 373 g/mol. The Morgan fingerprint density at radius 3 is 2.85 bits per heavy atom. The summed E-state index contributed by atoms with van der Waals surface area (Å²) >= 11 is 2.34. The van der Waals surface area contributed by atoms with Gasteiger partial charge in [-0.1, -0.05) is 22.6 Å². The quantitative estimate of drug-likeness (QED) is 0.504. The summed E-state index contributed by atoms with van der Waals surface area (Å²) in [5.41, 5.74) is -0.818. The van der Waals surface area contributed by atoms with Crippen molar-refractivity contribution < 1.29 is 19.0 Å². The van der Waals surface area contributed by atoms with Gasteiger partial charge in [-0.05, 0) is 33.6 Å². The van der Waals surface area contributed by atoms with Gasteiger partial charge in [-0.3, -0.25) is 0 Å². The Morgan fingerprint density at radius 1 is 1.50 bits per heavy atom. The zero-order valence-electron chi connectivity index (χ0n) is 12.5. The van der Waals surface area contributed by atoms with E-state index < -0.39 is 5.60 Å². The average Bonchev–Trinajstić information content (AvgIpc) is 2.61. The van der Waals surface area contributed by atoms with E-state index in [9.17, 15) is 4.79 Å². The molecule has 0 radical (unpaired) electrons. The van der Waals surface area contributed by atoms with Crippen LogP contribution in [-0.2, 0) is 14.2 Å². The molecule has 0 aromatic carbocycles. The SMILES string of the molecule is CC(C)(C)OC(=O)N1CCOCC2(CCC(CI)O2)C1. The highest BCUT2D eigenvalue weighted by Gasteiger charge is 2.44. The Balaban J connectivity index is 2.02. The van der Waals surface area contributed by atoms with Crippen molar-refractivity contribution in [3.05, 3.63) is 0 Å². The third-order valence-electron chi connectivity index (χ3n) is 3.51. The van der Waals surface area contributed by atoms with Crippen LogP contribution in [0.25, 0.3) is 0 Å². The van der Waals surface area contributed by atoms with Crippen molar-refractivity contribution in [3.8, 4) is 0 Å². The van der Waals surface area contributed by atoms with Crippen molar-refractivity contribution in [1.29, 1.82) is 0 Å². The molecule has 0 saturated carbocycles. The monoisotopic (exact) mass is 397 g/mol. The van der Waals surface area contributed by atoms with Crippen molar-refractivity contribution in [3.63, 3.8) is 0 Å². The summed E-state index contributed by atoms with van der Waals surface area (Å²) in [6, 6.07) is 0. The number of carbonyl (C=O) groups excluding carboxylic acids is 1. The smallest absolute Gasteiger partial charge is 0.410 e. The van der Waals surface area contributed by atoms with Crippen LogP contribution in [0.5, 0.6) is 0 Å². The summed E-state index contributed by atoms with van der Waals surface area (Å²) in [5, 5.41) is 0. The molecule has 2 heterocycles. The predicted molar refractivity (Wildman–Crippen MR) is 84.4 cm³/mol. The molecule has 1 amide bonds. The van der Waals surface area contributed by atoms with Crippen LogP contribution in [0.15, 0.2) is 0 Å². The van der Waals surface area contributed by atoms with E-state index in [1.165, 1.54) is 0 Å². The maximum absolute atomic E-state index is 12.2. The number of amides is 1. The fraction of sp³-hybridized carbons (Fsp3) is 0.929. The van der Waals surface area contributed by atoms with Crippen LogP contribution in [0.2, 0.25) is 0 Å². The minimum atomic E-state index is -0.474. The minimum Gasteiger partial charge on any atom is -0.444 e. The summed E-state index contributed by atoms with van der Waals surface area (Å²) in [5.74, 6) is 0. The van der Waals surface area contributed by atoms with Crippen LogP contribution in [-0.4, -0.2) is 59.0 Å². The lowest BCUT2D eigenvalue weighted by atomic mass is 10.0. The Bertz CT molecular complexity index is 358. The predicted octanol–water partition coefficient (Wildman–Crippen LogP) is 2.61. The van der Waals surface area contributed by atoms with Crippen LogP contribution in [0.4, 0.5) is 4.79 Å². The van der Waals surface area contributed by atoms with E-state index in [0.717, 1.165) is 17.3 Å². The lowest BCUT2D eigenvalue weighted by molar-refractivity contribution is -0.0796. The van der Waals surface area contributed by atoms with Gasteiger partial charge in [0.25, 0.3) is 0 Å². The number of carbonyl (C=O) groups is 1. The molecule has 0 aliphatic carbocycles. The minimum absolute atomic E-state index is 0.274. The van der Waals surface area contributed by atoms with Gasteiger partial charge >= 0.3 is 6.09 Å². The van der Waals surface area contributed by atoms with E-state index in [1.807, 2.05) is 20.8 Å². The second kappa shape index (κ2) is 6.36. The molecule has 5 nitrogen and oxygen atoms in total. The number of halogens is 1. The van der Waals surface area contributed by atoms with Crippen LogP contribution < -0.4 is 0 Å². The van der Waals surface area contributed by atoms with Crippen LogP contribution in [0, 0.1) is 0 Å². The second-order valence-corrected chi connectivity index (χ2v) is 7.45. The summed E-state index contributed by atoms with van der Waals surface area (Å²) in [7, 11) is 0. The van der Waals surface area contributed by atoms with Crippen molar-refractivity contribution in [1.82, 2.24) is 4.90 Å². The van der Waals surface area contributed by atoms with Gasteiger partial charge in [-0.25, -0.2) is 4.79 Å². The molecule has 2 rings (SSSR count). The van der Waals surface area contributed by atoms with E-state index in [2.05, 4.69) is 22.6 Å². The Kier molecular flexibility index (Phi) is 5.18. The van der Waals surface area contributed by atoms with Gasteiger partial charge in [0, 0.05) is 11.0 Å². The zero-order chi connectivity index (χ0) is 14.8. The topological polar surface area (TPSA) is 48.0 Å². The van der Waals surface area contributed by atoms with Gasteiger partial charge in [0.05, 0.1) is 25.9 Å². The van der Waals surface area contributed by atoms with E-state index in [-0.39, 0.29) is 17.8 Å². The maximum Gasteiger partial charge on any atom is 0.410 e. The van der Waals surface area contributed by atoms with Crippen molar-refractivity contribution in [2.75, 3.05) is 30.7 Å². The summed E-state index contributed by atoms with van der Waals surface area (Å²) in [6.07, 6.45) is 1.98. The Labute approximate surface area is 134 Å². The van der Waals surface area contributed by atoms with Gasteiger partial charge in [0.2, 0.25) is 0 Å². The van der Waals surface area contributed by atoms with Crippen molar-refractivity contribution in [2.24, 2.45) is 0 Å². The van der Waals surface area contributed by atoms with Crippen LogP contribution in [0.1, 0.15) is 33.6 Å². The molecule has 6 heteroatoms. The molecule has 2 aliphatic heterocycles. The first-order valence-electron chi connectivity index (χ1n) is 7.13. The summed E-state index contributed by atoms with van der Waals surface area (Å²) in [4.78, 5) is 14.0. The molecule has 0 bridgehead atoms. The summed E-state index contributed by atoms with van der Waals surface area (Å²) < 4.78 is 18.2. The number of alkyl halides is 1. The maximum atomic E-state index is 12.2. The standard InChI is InChI=1S/C14H24INO4/c1-13(2,3)20-12(17)16-6-7-18-10-14(9-16)5-4-11(8-15)19-14/h11H,4-10H2,1-3H3. The molecular formula is C14H24INO4. The second-order valence-electron chi connectivity index (χ2n) is 6.57. The van der Waals surface area contributed by atoms with Gasteiger partial charge in [0.1, 0.15) is 11.2 Å². The van der Waals surface area contributed by atoms with Gasteiger partial charge < -0.3 is 19.1 Å². The first-order chi connectivity index (χ1) is 9.34. The number of nitrogens with zero attached hydrogens (tertiary/aromatic N) is 1. The number of hydrogen-bond acceptors (Lipinski definition) is 4. The van der Waals surface area contributed by atoms with Crippen LogP contribution in [0.3, 0.4) is 0 Å². The number of hydrogen-bond donors (Lipinski definition) is 0. The Morgan fingerprint density at radius 2 is 2.25 bits per heavy atom. The van der Waals surface area contributed by atoms with E-state index in [4.69, 9.17) is 14.2 Å². The molecule has 2 fully saturated rings. The molecule has 116 valence electrons. The fourth-order valence-electron chi connectivity index (χ4n) is 2.61. The van der Waals surface area contributed by atoms with Gasteiger partial charge in [0.15, 0.2) is 0 Å². The van der Waals surface area contributed by atoms with Gasteiger partial charge in [-0.2, -0.15) is 0 Å². The fourth-order valence-corrected chi connectivity index (χ4v) is 3.23. The lowest BCUT2D eigenvalue weighted by Crippen LogP contribution is -2.48. The molecule has 1 spiro atoms. The molecule has 2 unspecified atom stereocenters. The van der Waals surface area contributed by atoms with E-state index in [0.29, 0.717) is 26.3 Å². The molecule has 20 heavy (non-hydrogen) atoms. The van der Waals surface area contributed by atoms with E-state index >= 15 is 0 Å². The number of rotatable bonds is 1. The third-order valence-corrected chi connectivity index (χ3v) is 4.49. The zero-order valence-corrected chi connectivity index (χ0v) is 14.6. The molecule has 0 aromatic heterocycles. The molecule has 2 aliphatic rings. The highest BCUT2D eigenvalue weighted by atomic mass is 127. The largest absolute Gasteiger partial charge is 0.444 e. The average molecular weight is 397 g/mol. The molecule has 2 saturated heterocycles. The van der Waals surface area contributed by atoms with E-state index in [1.54, 1.807) is 4.90 Å².